The fourth-order valence-corrected chi connectivity index (χ4v) is 2.24. The zero-order chi connectivity index (χ0) is 15.4. The number of urea groups is 1. The van der Waals surface area contributed by atoms with Crippen LogP contribution >= 0.6 is 11.6 Å². The van der Waals surface area contributed by atoms with Crippen molar-refractivity contribution in [3.63, 3.8) is 0 Å². The first-order valence-electron chi connectivity index (χ1n) is 6.86. The first-order valence-corrected chi connectivity index (χ1v) is 7.24. The molecule has 2 amide bonds. The van der Waals surface area contributed by atoms with Gasteiger partial charge in [-0.05, 0) is 55.7 Å². The molecule has 0 aliphatic heterocycles. The van der Waals surface area contributed by atoms with Gasteiger partial charge in [0.1, 0.15) is 0 Å². The highest BCUT2D eigenvalue weighted by Crippen LogP contribution is 2.18. The predicted molar refractivity (Wildman–Crippen MR) is 87.9 cm³/mol. The van der Waals surface area contributed by atoms with Crippen LogP contribution in [0.25, 0.3) is 0 Å². The molecule has 1 atom stereocenters. The monoisotopic (exact) mass is 302 g/mol. The van der Waals surface area contributed by atoms with Gasteiger partial charge in [-0.3, -0.25) is 0 Å². The molecule has 110 valence electrons. The Morgan fingerprint density at radius 3 is 2.52 bits per heavy atom. The van der Waals surface area contributed by atoms with Gasteiger partial charge in [0.05, 0.1) is 6.04 Å². The molecular formula is C17H19ClN2O. The van der Waals surface area contributed by atoms with E-state index in [9.17, 15) is 4.79 Å². The first kappa shape index (κ1) is 15.4. The maximum atomic E-state index is 12.0. The van der Waals surface area contributed by atoms with E-state index in [1.807, 2.05) is 13.0 Å². The molecule has 0 aromatic heterocycles. The molecule has 0 radical (unpaired) electrons. The average Bonchev–Trinajstić information content (AvgIpc) is 2.41. The third kappa shape index (κ3) is 4.23. The van der Waals surface area contributed by atoms with Crippen LogP contribution in [-0.2, 0) is 0 Å². The molecule has 0 spiro atoms. The van der Waals surface area contributed by atoms with E-state index in [1.54, 1.807) is 24.3 Å². The van der Waals surface area contributed by atoms with Crippen molar-refractivity contribution >= 4 is 23.3 Å². The Morgan fingerprint density at radius 2 is 1.86 bits per heavy atom. The number of hydrogen-bond acceptors (Lipinski definition) is 1. The van der Waals surface area contributed by atoms with E-state index < -0.39 is 0 Å². The topological polar surface area (TPSA) is 41.1 Å². The fraction of sp³-hybridized carbons (Fsp3) is 0.235. The Hall–Kier alpha value is -2.00. The van der Waals surface area contributed by atoms with E-state index in [0.717, 1.165) is 5.56 Å². The molecule has 21 heavy (non-hydrogen) atoms. The van der Waals surface area contributed by atoms with Crippen molar-refractivity contribution in [3.8, 4) is 0 Å². The Balaban J connectivity index is 2.00. The molecule has 0 saturated heterocycles. The van der Waals surface area contributed by atoms with Crippen molar-refractivity contribution < 1.29 is 4.79 Å². The van der Waals surface area contributed by atoms with Crippen LogP contribution in [0, 0.1) is 13.8 Å². The van der Waals surface area contributed by atoms with Gasteiger partial charge in [0.15, 0.2) is 0 Å². The second-order valence-electron chi connectivity index (χ2n) is 5.17. The van der Waals surface area contributed by atoms with Crippen molar-refractivity contribution in [1.82, 2.24) is 5.32 Å². The summed E-state index contributed by atoms with van der Waals surface area (Å²) >= 11 is 5.89. The maximum absolute atomic E-state index is 12.0. The summed E-state index contributed by atoms with van der Waals surface area (Å²) in [6.45, 7) is 6.10. The zero-order valence-electron chi connectivity index (χ0n) is 12.4. The quantitative estimate of drug-likeness (QED) is 0.837. The number of carbonyl (C=O) groups excluding carboxylic acids is 1. The summed E-state index contributed by atoms with van der Waals surface area (Å²) in [5.74, 6) is 0. The number of halogens is 1. The summed E-state index contributed by atoms with van der Waals surface area (Å²) in [7, 11) is 0. The molecule has 0 aliphatic carbocycles. The molecule has 2 rings (SSSR count). The lowest BCUT2D eigenvalue weighted by Crippen LogP contribution is -2.31. The lowest BCUT2D eigenvalue weighted by atomic mass is 10.0. The third-order valence-corrected chi connectivity index (χ3v) is 3.70. The van der Waals surface area contributed by atoms with Gasteiger partial charge < -0.3 is 10.6 Å². The van der Waals surface area contributed by atoms with E-state index in [4.69, 9.17) is 11.6 Å². The predicted octanol–water partition coefficient (Wildman–Crippen LogP) is 4.84. The number of amides is 2. The van der Waals surface area contributed by atoms with Crippen molar-refractivity contribution in [2.24, 2.45) is 0 Å². The first-order chi connectivity index (χ1) is 9.95. The minimum Gasteiger partial charge on any atom is -0.331 e. The molecule has 4 heteroatoms. The maximum Gasteiger partial charge on any atom is 0.319 e. The molecule has 0 bridgehead atoms. The summed E-state index contributed by atoms with van der Waals surface area (Å²) < 4.78 is 0. The molecule has 0 aliphatic rings. The van der Waals surface area contributed by atoms with Crippen LogP contribution in [0.5, 0.6) is 0 Å². The standard InChI is InChI=1S/C17H19ClN2O/c1-11-7-8-14(9-12(11)2)13(3)19-17(21)20-16-6-4-5-15(18)10-16/h4-10,13H,1-3H3,(H2,19,20,21). The lowest BCUT2D eigenvalue weighted by Gasteiger charge is -2.16. The summed E-state index contributed by atoms with van der Waals surface area (Å²) in [4.78, 5) is 12.0. The van der Waals surface area contributed by atoms with Gasteiger partial charge in [-0.15, -0.1) is 0 Å². The normalized spacial score (nSPS) is 11.8. The fourth-order valence-electron chi connectivity index (χ4n) is 2.05. The number of benzene rings is 2. The van der Waals surface area contributed by atoms with Gasteiger partial charge in [-0.1, -0.05) is 35.9 Å². The number of nitrogens with one attached hydrogen (secondary N) is 2. The van der Waals surface area contributed by atoms with Crippen molar-refractivity contribution in [3.05, 3.63) is 64.2 Å². The highest BCUT2D eigenvalue weighted by Gasteiger charge is 2.10. The molecule has 1 unspecified atom stereocenters. The highest BCUT2D eigenvalue weighted by molar-refractivity contribution is 6.30. The smallest absolute Gasteiger partial charge is 0.319 e. The van der Waals surface area contributed by atoms with Crippen molar-refractivity contribution in [2.75, 3.05) is 5.32 Å². The van der Waals surface area contributed by atoms with E-state index in [2.05, 4.69) is 36.6 Å². The van der Waals surface area contributed by atoms with Crippen LogP contribution in [0.3, 0.4) is 0 Å². The summed E-state index contributed by atoms with van der Waals surface area (Å²) in [6, 6.07) is 13.0. The Bertz CT molecular complexity index is 655. The average molecular weight is 303 g/mol. The molecule has 2 aromatic rings. The Labute approximate surface area is 130 Å². The largest absolute Gasteiger partial charge is 0.331 e. The molecule has 2 aromatic carbocycles. The third-order valence-electron chi connectivity index (χ3n) is 3.46. The van der Waals surface area contributed by atoms with Crippen molar-refractivity contribution in [2.45, 2.75) is 26.8 Å². The van der Waals surface area contributed by atoms with Crippen LogP contribution in [0.4, 0.5) is 10.5 Å². The van der Waals surface area contributed by atoms with Crippen LogP contribution in [0.1, 0.15) is 29.7 Å². The second-order valence-corrected chi connectivity index (χ2v) is 5.61. The molecule has 3 nitrogen and oxygen atoms in total. The summed E-state index contributed by atoms with van der Waals surface area (Å²) in [5.41, 5.74) is 4.22. The number of hydrogen-bond donors (Lipinski definition) is 2. The highest BCUT2D eigenvalue weighted by atomic mass is 35.5. The van der Waals surface area contributed by atoms with Gasteiger partial charge in [-0.2, -0.15) is 0 Å². The van der Waals surface area contributed by atoms with E-state index >= 15 is 0 Å². The number of anilines is 1. The van der Waals surface area contributed by atoms with Gasteiger partial charge in [0.25, 0.3) is 0 Å². The SMILES string of the molecule is Cc1ccc(C(C)NC(=O)Nc2cccc(Cl)c2)cc1C. The zero-order valence-corrected chi connectivity index (χ0v) is 13.2. The van der Waals surface area contributed by atoms with Crippen molar-refractivity contribution in [1.29, 1.82) is 0 Å². The Kier molecular flexibility index (Phi) is 4.86. The van der Waals surface area contributed by atoms with Crippen LogP contribution in [-0.4, -0.2) is 6.03 Å². The number of rotatable bonds is 3. The summed E-state index contributed by atoms with van der Waals surface area (Å²) in [6.07, 6.45) is 0. The van der Waals surface area contributed by atoms with Crippen LogP contribution in [0.15, 0.2) is 42.5 Å². The van der Waals surface area contributed by atoms with Gasteiger partial charge in [-0.25, -0.2) is 4.79 Å². The minimum absolute atomic E-state index is 0.0662. The molecule has 2 N–H and O–H groups in total. The molecule has 0 heterocycles. The van der Waals surface area contributed by atoms with E-state index in [0.29, 0.717) is 10.7 Å². The molecule has 0 saturated carbocycles. The van der Waals surface area contributed by atoms with Gasteiger partial charge in [0.2, 0.25) is 0 Å². The number of aryl methyl sites for hydroxylation is 2. The van der Waals surface area contributed by atoms with Gasteiger partial charge in [0, 0.05) is 10.7 Å². The Morgan fingerprint density at radius 1 is 1.10 bits per heavy atom. The minimum atomic E-state index is -0.247. The van der Waals surface area contributed by atoms with E-state index in [-0.39, 0.29) is 12.1 Å². The summed E-state index contributed by atoms with van der Waals surface area (Å²) in [5, 5.41) is 6.29. The van der Waals surface area contributed by atoms with E-state index in [1.165, 1.54) is 11.1 Å². The lowest BCUT2D eigenvalue weighted by molar-refractivity contribution is 0.249. The molecule has 0 fully saturated rings. The van der Waals surface area contributed by atoms with Gasteiger partial charge >= 0.3 is 6.03 Å². The van der Waals surface area contributed by atoms with Crippen LogP contribution < -0.4 is 10.6 Å². The second kappa shape index (κ2) is 6.64. The van der Waals surface area contributed by atoms with Crippen LogP contribution in [0.2, 0.25) is 5.02 Å². The number of carbonyl (C=O) groups is 1. The molecular weight excluding hydrogens is 284 g/mol.